The highest BCUT2D eigenvalue weighted by Crippen LogP contribution is 2.43. The van der Waals surface area contributed by atoms with Crippen molar-refractivity contribution in [2.75, 3.05) is 23.9 Å². The van der Waals surface area contributed by atoms with Gasteiger partial charge in [-0.25, -0.2) is 8.42 Å². The normalized spacial score (nSPS) is 27.2. The Morgan fingerprint density at radius 3 is 2.79 bits per heavy atom. The van der Waals surface area contributed by atoms with E-state index in [9.17, 15) is 13.5 Å². The molecule has 7 heteroatoms. The number of aromatic nitrogens is 1. The molecule has 0 amide bonds. The topological polar surface area (TPSA) is 76.6 Å². The van der Waals surface area contributed by atoms with E-state index in [0.29, 0.717) is 31.7 Å². The third-order valence-electron chi connectivity index (χ3n) is 6.16. The number of fused-ring (bicyclic) bond motifs is 1. The Morgan fingerprint density at radius 1 is 1.14 bits per heavy atom. The van der Waals surface area contributed by atoms with Crippen LogP contribution >= 0.6 is 0 Å². The van der Waals surface area contributed by atoms with Gasteiger partial charge in [-0.05, 0) is 47.7 Å². The number of aliphatic hydroxyl groups is 1. The smallest absolute Gasteiger partial charge is 0.244 e. The van der Waals surface area contributed by atoms with Gasteiger partial charge in [-0.15, -0.1) is 0 Å². The quantitative estimate of drug-likeness (QED) is 0.711. The molecule has 2 saturated heterocycles. The highest BCUT2D eigenvalue weighted by atomic mass is 32.2. The van der Waals surface area contributed by atoms with Crippen molar-refractivity contribution in [3.8, 4) is 0 Å². The summed E-state index contributed by atoms with van der Waals surface area (Å²) >= 11 is 0. The maximum atomic E-state index is 13.4. The van der Waals surface area contributed by atoms with Crippen LogP contribution in [0.15, 0.2) is 60.8 Å². The number of sulfonamides is 1. The number of benzene rings is 2. The Bertz CT molecular complexity index is 1110. The van der Waals surface area contributed by atoms with Crippen LogP contribution in [0.1, 0.15) is 12.0 Å². The standard InChI is InChI=1S/C21H23N3O3S/c25-20-14-24(18-4-2-1-3-5-18)28(26,27)21(20)9-11-23(15-21)13-16-6-7-19-17(12-16)8-10-22-19/h1-8,10,12,20,22,25H,9,11,13-15H2/t20-,21+/m0/s1. The Hall–Kier alpha value is -2.35. The van der Waals surface area contributed by atoms with Gasteiger partial charge in [0.2, 0.25) is 10.0 Å². The first kappa shape index (κ1) is 17.7. The minimum absolute atomic E-state index is 0.121. The van der Waals surface area contributed by atoms with Crippen molar-refractivity contribution in [1.82, 2.24) is 9.88 Å². The van der Waals surface area contributed by atoms with E-state index in [0.717, 1.165) is 16.5 Å². The van der Waals surface area contributed by atoms with Crippen molar-refractivity contribution in [3.05, 3.63) is 66.4 Å². The Morgan fingerprint density at radius 2 is 1.96 bits per heavy atom. The highest BCUT2D eigenvalue weighted by molar-refractivity contribution is 7.94. The first-order valence-corrected chi connectivity index (χ1v) is 11.0. The number of rotatable bonds is 3. The predicted octanol–water partition coefficient (Wildman–Crippen LogP) is 2.32. The van der Waals surface area contributed by atoms with Crippen molar-refractivity contribution in [1.29, 1.82) is 0 Å². The van der Waals surface area contributed by atoms with E-state index in [4.69, 9.17) is 0 Å². The number of nitrogens with zero attached hydrogens (tertiary/aromatic N) is 2. The van der Waals surface area contributed by atoms with Crippen LogP contribution in [0.5, 0.6) is 0 Å². The molecule has 2 aliphatic rings. The van der Waals surface area contributed by atoms with Gasteiger partial charge in [0.15, 0.2) is 0 Å². The van der Waals surface area contributed by atoms with E-state index in [1.54, 1.807) is 12.1 Å². The van der Waals surface area contributed by atoms with E-state index in [1.807, 2.05) is 30.5 Å². The summed E-state index contributed by atoms with van der Waals surface area (Å²) in [7, 11) is -3.64. The van der Waals surface area contributed by atoms with Crippen molar-refractivity contribution in [2.45, 2.75) is 23.8 Å². The van der Waals surface area contributed by atoms with Crippen LogP contribution in [0, 0.1) is 0 Å². The summed E-state index contributed by atoms with van der Waals surface area (Å²) in [5.74, 6) is 0. The zero-order valence-electron chi connectivity index (χ0n) is 15.5. The summed E-state index contributed by atoms with van der Waals surface area (Å²) in [6, 6.07) is 17.3. The molecule has 2 N–H and O–H groups in total. The van der Waals surface area contributed by atoms with Crippen molar-refractivity contribution in [3.63, 3.8) is 0 Å². The second-order valence-electron chi connectivity index (χ2n) is 7.81. The first-order valence-electron chi connectivity index (χ1n) is 9.53. The fourth-order valence-corrected chi connectivity index (χ4v) is 6.90. The first-order chi connectivity index (χ1) is 13.5. The minimum atomic E-state index is -3.64. The molecule has 1 aromatic heterocycles. The number of likely N-dealkylation sites (tertiary alicyclic amines) is 1. The van der Waals surface area contributed by atoms with Gasteiger partial charge in [0.25, 0.3) is 0 Å². The lowest BCUT2D eigenvalue weighted by molar-refractivity contribution is 0.143. The van der Waals surface area contributed by atoms with Gasteiger partial charge in [0.05, 0.1) is 18.3 Å². The van der Waals surface area contributed by atoms with Gasteiger partial charge in [-0.3, -0.25) is 9.21 Å². The molecule has 3 heterocycles. The molecule has 0 bridgehead atoms. The largest absolute Gasteiger partial charge is 0.389 e. The Kier molecular flexibility index (Phi) is 4.01. The van der Waals surface area contributed by atoms with Crippen LogP contribution in [0.25, 0.3) is 10.9 Å². The predicted molar refractivity (Wildman–Crippen MR) is 110 cm³/mol. The summed E-state index contributed by atoms with van der Waals surface area (Å²) < 4.78 is 27.1. The van der Waals surface area contributed by atoms with Gasteiger partial charge in [-0.1, -0.05) is 24.3 Å². The lowest BCUT2D eigenvalue weighted by Gasteiger charge is -2.27. The average Bonchev–Trinajstić information content (AvgIpc) is 3.37. The monoisotopic (exact) mass is 397 g/mol. The number of aliphatic hydroxyl groups excluding tert-OH is 1. The number of hydrogen-bond acceptors (Lipinski definition) is 4. The summed E-state index contributed by atoms with van der Waals surface area (Å²) in [6.07, 6.45) is 1.47. The molecule has 0 unspecified atom stereocenters. The lowest BCUT2D eigenvalue weighted by Crippen LogP contribution is -2.47. The second kappa shape index (κ2) is 6.34. The molecule has 0 aliphatic carbocycles. The van der Waals surface area contributed by atoms with E-state index < -0.39 is 20.9 Å². The van der Waals surface area contributed by atoms with E-state index in [1.165, 1.54) is 4.31 Å². The van der Waals surface area contributed by atoms with Crippen LogP contribution in [-0.4, -0.2) is 53.9 Å². The fraction of sp³-hybridized carbons (Fsp3) is 0.333. The summed E-state index contributed by atoms with van der Waals surface area (Å²) in [5.41, 5.74) is 2.86. The van der Waals surface area contributed by atoms with E-state index in [2.05, 4.69) is 28.1 Å². The zero-order chi connectivity index (χ0) is 19.4. The molecule has 28 heavy (non-hydrogen) atoms. The number of para-hydroxylation sites is 1. The number of hydrogen-bond donors (Lipinski definition) is 2. The molecule has 2 atom stereocenters. The molecular formula is C21H23N3O3S. The minimum Gasteiger partial charge on any atom is -0.389 e. The van der Waals surface area contributed by atoms with E-state index >= 15 is 0 Å². The molecule has 146 valence electrons. The Balaban J connectivity index is 1.40. The number of nitrogens with one attached hydrogen (secondary N) is 1. The van der Waals surface area contributed by atoms with Crippen LogP contribution in [0.3, 0.4) is 0 Å². The third kappa shape index (κ3) is 2.57. The summed E-state index contributed by atoms with van der Waals surface area (Å²) in [4.78, 5) is 5.33. The van der Waals surface area contributed by atoms with Crippen LogP contribution in [0.4, 0.5) is 5.69 Å². The van der Waals surface area contributed by atoms with Gasteiger partial charge in [0, 0.05) is 31.3 Å². The Labute approximate surface area is 164 Å². The number of aromatic amines is 1. The maximum Gasteiger partial charge on any atom is 0.244 e. The van der Waals surface area contributed by atoms with Gasteiger partial charge >= 0.3 is 0 Å². The van der Waals surface area contributed by atoms with Gasteiger partial charge < -0.3 is 10.1 Å². The van der Waals surface area contributed by atoms with Crippen LogP contribution in [0.2, 0.25) is 0 Å². The highest BCUT2D eigenvalue weighted by Gasteiger charge is 2.61. The number of H-pyrrole nitrogens is 1. The van der Waals surface area contributed by atoms with E-state index in [-0.39, 0.29) is 6.54 Å². The van der Waals surface area contributed by atoms with Crippen molar-refractivity contribution >= 4 is 26.6 Å². The van der Waals surface area contributed by atoms with Gasteiger partial charge in [-0.2, -0.15) is 0 Å². The van der Waals surface area contributed by atoms with Crippen molar-refractivity contribution < 1.29 is 13.5 Å². The summed E-state index contributed by atoms with van der Waals surface area (Å²) in [5, 5.41) is 11.9. The lowest BCUT2D eigenvalue weighted by atomic mass is 10.0. The average molecular weight is 398 g/mol. The fourth-order valence-electron chi connectivity index (χ4n) is 4.61. The van der Waals surface area contributed by atoms with Crippen LogP contribution < -0.4 is 4.31 Å². The molecule has 2 fully saturated rings. The second-order valence-corrected chi connectivity index (χ2v) is 10.0. The van der Waals surface area contributed by atoms with Crippen molar-refractivity contribution in [2.24, 2.45) is 0 Å². The summed E-state index contributed by atoms with van der Waals surface area (Å²) in [6.45, 7) is 1.81. The van der Waals surface area contributed by atoms with Crippen LogP contribution in [-0.2, 0) is 16.6 Å². The molecule has 6 nitrogen and oxygen atoms in total. The molecule has 5 rings (SSSR count). The third-order valence-corrected chi connectivity index (χ3v) is 8.73. The number of β-amino-alcohol motifs (C(OH)–C–C–N with tert-alkyl or cyclic N) is 1. The molecule has 2 aromatic carbocycles. The molecule has 0 radical (unpaired) electrons. The molecule has 1 spiro atoms. The maximum absolute atomic E-state index is 13.4. The molecular weight excluding hydrogens is 374 g/mol. The molecule has 3 aromatic rings. The van der Waals surface area contributed by atoms with Gasteiger partial charge in [0.1, 0.15) is 4.75 Å². The zero-order valence-corrected chi connectivity index (χ0v) is 16.3. The molecule has 0 saturated carbocycles. The number of anilines is 1. The molecule has 2 aliphatic heterocycles. The SMILES string of the molecule is O=S1(=O)N(c2ccccc2)C[C@H](O)[C@]12CCN(Cc1ccc3[nH]ccc3c1)C2.